The van der Waals surface area contributed by atoms with Crippen molar-refractivity contribution in [3.63, 3.8) is 0 Å². The molecule has 174 valence electrons. The topological polar surface area (TPSA) is 97.5 Å². The van der Waals surface area contributed by atoms with Gasteiger partial charge in [-0.15, -0.1) is 5.10 Å². The normalized spacial score (nSPS) is 14.2. The first kappa shape index (κ1) is 22.7. The minimum Gasteiger partial charge on any atom is -0.459 e. The van der Waals surface area contributed by atoms with Crippen molar-refractivity contribution in [3.05, 3.63) is 52.6 Å². The van der Waals surface area contributed by atoms with Crippen LogP contribution in [0.15, 0.2) is 30.6 Å². The maximum Gasteiger partial charge on any atom is 0.387 e. The van der Waals surface area contributed by atoms with Crippen LogP contribution in [0.1, 0.15) is 29.8 Å². The summed E-state index contributed by atoms with van der Waals surface area (Å²) in [4.78, 5) is 30.0. The second kappa shape index (κ2) is 9.57. The minimum atomic E-state index is -2.98. The van der Waals surface area contributed by atoms with Gasteiger partial charge in [-0.3, -0.25) is 9.48 Å². The van der Waals surface area contributed by atoms with Crippen LogP contribution in [0.25, 0.3) is 11.1 Å². The Balaban J connectivity index is 1.51. The Hall–Kier alpha value is -3.47. The smallest absolute Gasteiger partial charge is 0.387 e. The van der Waals surface area contributed by atoms with Gasteiger partial charge in [-0.1, -0.05) is 22.5 Å². The van der Waals surface area contributed by atoms with Crippen molar-refractivity contribution in [1.29, 1.82) is 0 Å². The molecule has 0 radical (unpaired) electrons. The number of fused-ring (bicyclic) bond motifs is 2. The largest absolute Gasteiger partial charge is 0.459 e. The molecule has 33 heavy (non-hydrogen) atoms. The molecule has 0 saturated heterocycles. The van der Waals surface area contributed by atoms with E-state index in [-0.39, 0.29) is 30.2 Å². The summed E-state index contributed by atoms with van der Waals surface area (Å²) >= 11 is 5.91. The second-order valence-corrected chi connectivity index (χ2v) is 7.68. The van der Waals surface area contributed by atoms with Crippen LogP contribution in [0.2, 0.25) is 5.02 Å². The van der Waals surface area contributed by atoms with Crippen molar-refractivity contribution in [2.45, 2.75) is 45.9 Å². The number of rotatable bonds is 6. The monoisotopic (exact) mass is 480 g/mol. The van der Waals surface area contributed by atoms with Crippen molar-refractivity contribution in [3.8, 4) is 16.9 Å². The minimum absolute atomic E-state index is 0.0262. The van der Waals surface area contributed by atoms with Crippen LogP contribution in [0.4, 0.5) is 8.78 Å². The number of hydrogen-bond acceptors (Lipinski definition) is 7. The van der Waals surface area contributed by atoms with Gasteiger partial charge in [0.1, 0.15) is 18.1 Å². The highest BCUT2D eigenvalue weighted by Crippen LogP contribution is 2.31. The molecular weight excluding hydrogens is 462 g/mol. The summed E-state index contributed by atoms with van der Waals surface area (Å²) in [5.74, 6) is -1.19. The van der Waals surface area contributed by atoms with Crippen LogP contribution in [-0.2, 0) is 33.9 Å². The van der Waals surface area contributed by atoms with Gasteiger partial charge in [-0.05, 0) is 31.0 Å². The molecule has 1 aliphatic heterocycles. The number of benzene rings is 1. The van der Waals surface area contributed by atoms with E-state index in [4.69, 9.17) is 21.2 Å². The van der Waals surface area contributed by atoms with E-state index in [9.17, 15) is 18.4 Å². The number of aromatic nitrogens is 4. The van der Waals surface area contributed by atoms with E-state index in [1.165, 1.54) is 12.1 Å². The molecule has 3 heterocycles. The van der Waals surface area contributed by atoms with Gasteiger partial charge < -0.3 is 14.3 Å². The first-order chi connectivity index (χ1) is 15.8. The molecule has 4 rings (SSSR count). The Kier molecular flexibility index (Phi) is 6.59. The average Bonchev–Trinajstić information content (AvgIpc) is 3.35. The molecule has 2 aromatic heterocycles. The molecule has 0 fully saturated rings. The zero-order valence-electron chi connectivity index (χ0n) is 17.5. The van der Waals surface area contributed by atoms with Crippen LogP contribution in [0.3, 0.4) is 0 Å². The van der Waals surface area contributed by atoms with Crippen LogP contribution in [0, 0.1) is 6.92 Å². The number of aryl methyl sites for hydroxylation is 1. The Labute approximate surface area is 191 Å². The summed E-state index contributed by atoms with van der Waals surface area (Å²) in [6.07, 6.45) is 3.67. The lowest BCUT2D eigenvalue weighted by Crippen LogP contribution is -2.24. The number of cyclic esters (lactones) is 1. The molecule has 9 nitrogen and oxygen atoms in total. The number of carbonyl (C=O) groups excluding carboxylic acids is 2. The van der Waals surface area contributed by atoms with Gasteiger partial charge in [0.15, 0.2) is 0 Å². The molecule has 0 atom stereocenters. The number of ether oxygens (including phenoxy) is 2. The number of halogens is 3. The molecule has 0 N–H and O–H groups in total. The van der Waals surface area contributed by atoms with Crippen molar-refractivity contribution in [2.24, 2.45) is 0 Å². The van der Waals surface area contributed by atoms with Gasteiger partial charge in [0, 0.05) is 23.9 Å². The molecule has 0 amide bonds. The fourth-order valence-electron chi connectivity index (χ4n) is 3.40. The highest BCUT2D eigenvalue weighted by molar-refractivity contribution is 6.32. The van der Waals surface area contributed by atoms with Gasteiger partial charge in [0.05, 0.1) is 29.8 Å². The predicted octanol–water partition coefficient (Wildman–Crippen LogP) is 3.34. The number of carbonyl (C=O) groups is 2. The zero-order chi connectivity index (χ0) is 23.5. The number of esters is 1. The molecule has 0 spiro atoms. The maximum atomic E-state index is 12.6. The first-order valence-electron chi connectivity index (χ1n) is 10.0. The van der Waals surface area contributed by atoms with Crippen LogP contribution < -0.4 is 9.57 Å². The summed E-state index contributed by atoms with van der Waals surface area (Å²) < 4.78 is 36.5. The Morgan fingerprint density at radius 1 is 1.21 bits per heavy atom. The van der Waals surface area contributed by atoms with Crippen molar-refractivity contribution < 1.29 is 32.7 Å². The third kappa shape index (κ3) is 5.30. The summed E-state index contributed by atoms with van der Waals surface area (Å²) in [6, 6.07) is 4.58. The fraction of sp³-hybridized carbons (Fsp3) is 0.333. The number of alkyl halides is 2. The lowest BCUT2D eigenvalue weighted by Gasteiger charge is -2.08. The molecule has 2 bridgehead atoms. The summed E-state index contributed by atoms with van der Waals surface area (Å²) in [5, 5.41) is 8.64. The third-order valence-corrected chi connectivity index (χ3v) is 5.39. The highest BCUT2D eigenvalue weighted by atomic mass is 35.5. The van der Waals surface area contributed by atoms with Crippen molar-refractivity contribution in [1.82, 2.24) is 19.7 Å². The predicted molar refractivity (Wildman–Crippen MR) is 111 cm³/mol. The lowest BCUT2D eigenvalue weighted by molar-refractivity contribution is -0.153. The van der Waals surface area contributed by atoms with E-state index >= 15 is 0 Å². The zero-order valence-corrected chi connectivity index (χ0v) is 18.2. The lowest BCUT2D eigenvalue weighted by atomic mass is 10.1. The van der Waals surface area contributed by atoms with E-state index in [1.807, 2.05) is 0 Å². The van der Waals surface area contributed by atoms with Crippen LogP contribution in [0.5, 0.6) is 5.75 Å². The Morgan fingerprint density at radius 2 is 2.00 bits per heavy atom. The quantitative estimate of drug-likeness (QED) is 0.499. The Bertz CT molecular complexity index is 1190. The Morgan fingerprint density at radius 3 is 2.79 bits per heavy atom. The van der Waals surface area contributed by atoms with Crippen LogP contribution >= 0.6 is 11.6 Å². The molecule has 0 saturated carbocycles. The molecule has 1 aliphatic rings. The molecule has 1 aromatic carbocycles. The number of nitrogens with zero attached hydrogens (tertiary/aromatic N) is 4. The summed E-state index contributed by atoms with van der Waals surface area (Å²) in [5.41, 5.74) is 3.19. The van der Waals surface area contributed by atoms with E-state index in [1.54, 1.807) is 30.1 Å². The van der Waals surface area contributed by atoms with Crippen molar-refractivity contribution in [2.75, 3.05) is 0 Å². The highest BCUT2D eigenvalue weighted by Gasteiger charge is 2.22. The van der Waals surface area contributed by atoms with E-state index in [2.05, 4.69) is 14.9 Å². The molecule has 0 unspecified atom stereocenters. The second-order valence-electron chi connectivity index (χ2n) is 7.27. The molecule has 3 aromatic rings. The van der Waals surface area contributed by atoms with Gasteiger partial charge in [-0.2, -0.15) is 13.9 Å². The average molecular weight is 481 g/mol. The van der Waals surface area contributed by atoms with E-state index in [0.717, 1.165) is 10.4 Å². The van der Waals surface area contributed by atoms with Gasteiger partial charge in [-0.25, -0.2) is 4.79 Å². The summed E-state index contributed by atoms with van der Waals surface area (Å²) in [7, 11) is 0. The van der Waals surface area contributed by atoms with Gasteiger partial charge in [0.25, 0.3) is 0 Å². The third-order valence-electron chi connectivity index (χ3n) is 5.08. The maximum absolute atomic E-state index is 12.6. The first-order valence-corrected chi connectivity index (χ1v) is 10.4. The molecular formula is C21H19ClF2N4O5. The SMILES string of the molecule is Cc1c(CCn2cc(-c3ccc(Cl)c(OC(F)F)c3)cn2)c2nn1OC(=O)CCC(=O)OC2. The standard InChI is InChI=1S/C21H19ClF2N4O5/c1-12-15(17-11-31-19(29)4-5-20(30)33-28(12)26-17)6-7-27-10-14(9-25-27)13-2-3-16(22)18(8-13)32-21(23)24/h2-3,8-10,21H,4-7,11H2,1H3. The van der Waals surface area contributed by atoms with Gasteiger partial charge in [0.2, 0.25) is 0 Å². The van der Waals surface area contributed by atoms with E-state index in [0.29, 0.717) is 35.5 Å². The molecule has 12 heteroatoms. The molecule has 0 aliphatic carbocycles. The summed E-state index contributed by atoms with van der Waals surface area (Å²) in [6.45, 7) is -0.815. The van der Waals surface area contributed by atoms with Gasteiger partial charge >= 0.3 is 18.6 Å². The van der Waals surface area contributed by atoms with Crippen LogP contribution in [-0.4, -0.2) is 38.3 Å². The van der Waals surface area contributed by atoms with E-state index < -0.39 is 18.6 Å². The fourth-order valence-corrected chi connectivity index (χ4v) is 3.56. The van der Waals surface area contributed by atoms with Crippen molar-refractivity contribution >= 4 is 23.5 Å². The number of hydrogen-bond donors (Lipinski definition) is 0.